The van der Waals surface area contributed by atoms with Gasteiger partial charge in [0, 0.05) is 24.6 Å². The van der Waals surface area contributed by atoms with Crippen molar-refractivity contribution in [1.29, 1.82) is 0 Å². The van der Waals surface area contributed by atoms with Crippen LogP contribution in [0, 0.1) is 0 Å². The fourth-order valence-corrected chi connectivity index (χ4v) is 2.42. The van der Waals surface area contributed by atoms with Crippen LogP contribution in [0.3, 0.4) is 0 Å². The minimum atomic E-state index is -0.152. The van der Waals surface area contributed by atoms with Crippen LogP contribution in [0.1, 0.15) is 24.8 Å². The number of carbonyl (C=O) groups excluding carboxylic acids is 1. The van der Waals surface area contributed by atoms with Crippen molar-refractivity contribution in [1.82, 2.24) is 0 Å². The van der Waals surface area contributed by atoms with Gasteiger partial charge in [-0.05, 0) is 24.5 Å². The quantitative estimate of drug-likeness (QED) is 0.915. The lowest BCUT2D eigenvalue weighted by atomic mass is 10.0. The van der Waals surface area contributed by atoms with Crippen molar-refractivity contribution >= 4 is 11.6 Å². The van der Waals surface area contributed by atoms with E-state index in [1.807, 2.05) is 18.2 Å². The molecule has 5 nitrogen and oxygen atoms in total. The molecule has 2 aliphatic rings. The Morgan fingerprint density at radius 3 is 2.95 bits per heavy atom. The van der Waals surface area contributed by atoms with Gasteiger partial charge in [0.25, 0.3) is 0 Å². The van der Waals surface area contributed by atoms with Crippen LogP contribution in [-0.4, -0.2) is 32.0 Å². The van der Waals surface area contributed by atoms with Gasteiger partial charge in [0.1, 0.15) is 5.75 Å². The molecule has 1 fully saturated rings. The van der Waals surface area contributed by atoms with Crippen molar-refractivity contribution in [3.8, 4) is 5.75 Å². The van der Waals surface area contributed by atoms with E-state index in [4.69, 9.17) is 14.2 Å². The van der Waals surface area contributed by atoms with Crippen LogP contribution < -0.4 is 10.1 Å². The Kier molecular flexibility index (Phi) is 4.18. The summed E-state index contributed by atoms with van der Waals surface area (Å²) >= 11 is 0. The van der Waals surface area contributed by atoms with E-state index in [-0.39, 0.29) is 12.2 Å². The number of aryl methyl sites for hydroxylation is 1. The van der Waals surface area contributed by atoms with Crippen molar-refractivity contribution in [2.75, 3.05) is 25.1 Å². The number of fused-ring (bicyclic) bond motifs is 1. The summed E-state index contributed by atoms with van der Waals surface area (Å²) in [7, 11) is 0. The molecule has 1 aromatic rings. The molecule has 0 radical (unpaired) electrons. The smallest absolute Gasteiger partial charge is 0.224 e. The van der Waals surface area contributed by atoms with Crippen LogP contribution in [0.4, 0.5) is 5.69 Å². The maximum absolute atomic E-state index is 11.4. The van der Waals surface area contributed by atoms with Crippen molar-refractivity contribution in [2.45, 2.75) is 32.0 Å². The van der Waals surface area contributed by atoms with E-state index < -0.39 is 0 Å². The van der Waals surface area contributed by atoms with E-state index in [9.17, 15) is 4.79 Å². The fourth-order valence-electron chi connectivity index (χ4n) is 2.42. The fraction of sp³-hybridized carbons (Fsp3) is 0.533. The first-order chi connectivity index (χ1) is 9.81. The third-order valence-electron chi connectivity index (χ3n) is 3.50. The predicted molar refractivity (Wildman–Crippen MR) is 73.8 cm³/mol. The summed E-state index contributed by atoms with van der Waals surface area (Å²) in [6.07, 6.45) is 2.88. The summed E-state index contributed by atoms with van der Waals surface area (Å²) in [4.78, 5) is 11.4. The summed E-state index contributed by atoms with van der Waals surface area (Å²) in [5.74, 6) is 0.834. The maximum Gasteiger partial charge on any atom is 0.224 e. The van der Waals surface area contributed by atoms with Gasteiger partial charge in [-0.25, -0.2) is 0 Å². The molecule has 2 heterocycles. The molecular weight excluding hydrogens is 258 g/mol. The standard InChI is InChI=1S/C15H19NO4/c17-14-5-3-11-2-4-12(10-13(11)16-14)18-9-6-15-19-7-1-8-20-15/h2,4,10,15H,1,3,5-9H2,(H,16,17). The molecule has 5 heteroatoms. The number of rotatable bonds is 4. The second-order valence-corrected chi connectivity index (χ2v) is 5.03. The zero-order valence-electron chi connectivity index (χ0n) is 11.4. The van der Waals surface area contributed by atoms with Crippen LogP contribution >= 0.6 is 0 Å². The number of hydrogen-bond acceptors (Lipinski definition) is 4. The molecule has 1 saturated heterocycles. The topological polar surface area (TPSA) is 56.8 Å². The van der Waals surface area contributed by atoms with Gasteiger partial charge in [-0.1, -0.05) is 6.07 Å². The van der Waals surface area contributed by atoms with E-state index in [0.29, 0.717) is 19.4 Å². The summed E-state index contributed by atoms with van der Waals surface area (Å²) in [6.45, 7) is 2.06. The first kappa shape index (κ1) is 13.4. The molecular formula is C15H19NO4. The van der Waals surface area contributed by atoms with Gasteiger partial charge in [-0.2, -0.15) is 0 Å². The van der Waals surface area contributed by atoms with Crippen molar-refractivity contribution < 1.29 is 19.0 Å². The van der Waals surface area contributed by atoms with E-state index in [2.05, 4.69) is 5.32 Å². The van der Waals surface area contributed by atoms with Gasteiger partial charge < -0.3 is 19.5 Å². The molecule has 1 amide bonds. The average Bonchev–Trinajstić information content (AvgIpc) is 2.48. The molecule has 0 spiro atoms. The minimum Gasteiger partial charge on any atom is -0.493 e. The highest BCUT2D eigenvalue weighted by Crippen LogP contribution is 2.27. The third kappa shape index (κ3) is 3.29. The Morgan fingerprint density at radius 1 is 1.25 bits per heavy atom. The maximum atomic E-state index is 11.4. The largest absolute Gasteiger partial charge is 0.493 e. The molecule has 0 saturated carbocycles. The summed E-state index contributed by atoms with van der Waals surface area (Å²) in [5, 5.41) is 2.87. The first-order valence-corrected chi connectivity index (χ1v) is 7.10. The van der Waals surface area contributed by atoms with Gasteiger partial charge in [0.2, 0.25) is 5.91 Å². The van der Waals surface area contributed by atoms with E-state index in [1.54, 1.807) is 0 Å². The molecule has 108 valence electrons. The normalized spacial score (nSPS) is 19.3. The zero-order chi connectivity index (χ0) is 13.8. The number of carbonyl (C=O) groups is 1. The molecule has 1 aromatic carbocycles. The van der Waals surface area contributed by atoms with Gasteiger partial charge in [0.05, 0.1) is 19.8 Å². The summed E-state index contributed by atoms with van der Waals surface area (Å²) in [6, 6.07) is 5.84. The second-order valence-electron chi connectivity index (χ2n) is 5.03. The van der Waals surface area contributed by atoms with E-state index in [1.165, 1.54) is 0 Å². The molecule has 3 rings (SSSR count). The van der Waals surface area contributed by atoms with Crippen LogP contribution in [0.15, 0.2) is 18.2 Å². The van der Waals surface area contributed by atoms with Crippen LogP contribution in [0.2, 0.25) is 0 Å². The summed E-state index contributed by atoms with van der Waals surface area (Å²) < 4.78 is 16.6. The number of ether oxygens (including phenoxy) is 3. The van der Waals surface area contributed by atoms with Crippen LogP contribution in [0.5, 0.6) is 5.75 Å². The highest BCUT2D eigenvalue weighted by molar-refractivity contribution is 5.94. The summed E-state index contributed by atoms with van der Waals surface area (Å²) in [5.41, 5.74) is 2.03. The number of amides is 1. The number of nitrogens with one attached hydrogen (secondary N) is 1. The lowest BCUT2D eigenvalue weighted by Gasteiger charge is -2.23. The minimum absolute atomic E-state index is 0.0682. The highest BCUT2D eigenvalue weighted by Gasteiger charge is 2.16. The third-order valence-corrected chi connectivity index (χ3v) is 3.50. The Hall–Kier alpha value is -1.59. The SMILES string of the molecule is O=C1CCc2ccc(OCCC3OCCCO3)cc2N1. The lowest BCUT2D eigenvalue weighted by molar-refractivity contribution is -0.183. The molecule has 0 aromatic heterocycles. The van der Waals surface area contributed by atoms with Gasteiger partial charge in [0.15, 0.2) is 6.29 Å². The Morgan fingerprint density at radius 2 is 2.10 bits per heavy atom. The lowest BCUT2D eigenvalue weighted by Crippen LogP contribution is -2.26. The predicted octanol–water partition coefficient (Wildman–Crippen LogP) is 2.10. The molecule has 0 unspecified atom stereocenters. The Balaban J connectivity index is 1.52. The monoisotopic (exact) mass is 277 g/mol. The average molecular weight is 277 g/mol. The van der Waals surface area contributed by atoms with Crippen molar-refractivity contribution in [2.24, 2.45) is 0 Å². The first-order valence-electron chi connectivity index (χ1n) is 7.10. The number of benzene rings is 1. The number of hydrogen-bond donors (Lipinski definition) is 1. The van der Waals surface area contributed by atoms with Gasteiger partial charge in [-0.15, -0.1) is 0 Å². The zero-order valence-corrected chi connectivity index (χ0v) is 11.4. The molecule has 0 atom stereocenters. The molecule has 0 aliphatic carbocycles. The highest BCUT2D eigenvalue weighted by atomic mass is 16.7. The molecule has 0 bridgehead atoms. The Labute approximate surface area is 118 Å². The van der Waals surface area contributed by atoms with Crippen molar-refractivity contribution in [3.05, 3.63) is 23.8 Å². The number of anilines is 1. The van der Waals surface area contributed by atoms with Crippen molar-refractivity contribution in [3.63, 3.8) is 0 Å². The van der Waals surface area contributed by atoms with Gasteiger partial charge in [-0.3, -0.25) is 4.79 Å². The Bertz CT molecular complexity index is 483. The molecule has 20 heavy (non-hydrogen) atoms. The van der Waals surface area contributed by atoms with Crippen LogP contribution in [-0.2, 0) is 20.7 Å². The second kappa shape index (κ2) is 6.24. The van der Waals surface area contributed by atoms with E-state index in [0.717, 1.165) is 43.1 Å². The van der Waals surface area contributed by atoms with Crippen LogP contribution in [0.25, 0.3) is 0 Å². The van der Waals surface area contributed by atoms with E-state index >= 15 is 0 Å². The molecule has 2 aliphatic heterocycles. The molecule has 1 N–H and O–H groups in total. The van der Waals surface area contributed by atoms with Gasteiger partial charge >= 0.3 is 0 Å².